The van der Waals surface area contributed by atoms with Crippen LogP contribution < -0.4 is 0 Å². The third kappa shape index (κ3) is 2.14. The Balaban J connectivity index is 3.14. The average Bonchev–Trinajstić information content (AvgIpc) is 1.65. The highest BCUT2D eigenvalue weighted by Crippen LogP contribution is 1.71. The van der Waals surface area contributed by atoms with Gasteiger partial charge in [-0.1, -0.05) is 0 Å². The maximum absolute atomic E-state index is 8.25. The largest absolute Gasteiger partial charge is 0.394 e. The minimum absolute atomic E-state index is 0.565. The molecular weight excluding hydrogens is 85.0 g/mol. The third-order valence-electron chi connectivity index (χ3n) is 0.359. The number of rotatable bonds is 2. The van der Waals surface area contributed by atoms with Crippen LogP contribution in [0.2, 0.25) is 0 Å². The second kappa shape index (κ2) is 3.08. The summed E-state index contributed by atoms with van der Waals surface area (Å²) in [5.74, 6) is 0. The Morgan fingerprint density at radius 1 is 1.67 bits per heavy atom. The van der Waals surface area contributed by atoms with E-state index < -0.39 is 19.3 Å². The Morgan fingerprint density at radius 3 is 2.17 bits per heavy atom. The summed E-state index contributed by atoms with van der Waals surface area (Å²) < 4.78 is 6.33. The van der Waals surface area contributed by atoms with Gasteiger partial charge < -0.3 is 15.3 Å². The first-order chi connectivity index (χ1) is 3.18. The average molecular weight is 94.1 g/mol. The summed E-state index contributed by atoms with van der Waals surface area (Å²) in [6, 6.07) is 0. The predicted molar refractivity (Wildman–Crippen MR) is 20.2 cm³/mol. The van der Waals surface area contributed by atoms with E-state index in [0.29, 0.717) is 0 Å². The van der Waals surface area contributed by atoms with E-state index in [0.717, 1.165) is 0 Å². The molecule has 38 valence electrons. The molecule has 3 heteroatoms. The molecule has 2 atom stereocenters. The summed E-state index contributed by atoms with van der Waals surface area (Å²) in [5.41, 5.74) is 0. The van der Waals surface area contributed by atoms with E-state index in [9.17, 15) is 0 Å². The van der Waals surface area contributed by atoms with E-state index >= 15 is 0 Å². The van der Waals surface area contributed by atoms with Crippen LogP contribution in [0.5, 0.6) is 0 Å². The molecule has 0 saturated carbocycles. The first-order valence-electron chi connectivity index (χ1n) is 2.15. The fraction of sp³-hybridized carbons (Fsp3) is 1.00. The molecule has 0 spiro atoms. The Kier molecular flexibility index (Phi) is 2.08. The number of aliphatic hydroxyl groups is 3. The second-order valence-electron chi connectivity index (χ2n) is 0.899. The molecule has 0 aliphatic rings. The summed E-state index contributed by atoms with van der Waals surface area (Å²) in [6.45, 7) is -2.14. The highest BCUT2D eigenvalue weighted by Gasteiger charge is 1.93. The summed E-state index contributed by atoms with van der Waals surface area (Å²) in [6.07, 6.45) is -1.32. The third-order valence-corrected chi connectivity index (χ3v) is 0.359. The molecule has 0 amide bonds. The Morgan fingerprint density at radius 2 is 2.17 bits per heavy atom. The van der Waals surface area contributed by atoms with Gasteiger partial charge >= 0.3 is 0 Å². The Hall–Kier alpha value is -0.120. The van der Waals surface area contributed by atoms with Gasteiger partial charge in [-0.05, 0) is 0 Å². The maximum Gasteiger partial charge on any atom is 0.100 e. The first-order valence-corrected chi connectivity index (χ1v) is 1.57. The lowest BCUT2D eigenvalue weighted by Crippen LogP contribution is -2.15. The van der Waals surface area contributed by atoms with Crippen LogP contribution in [-0.2, 0) is 0 Å². The maximum atomic E-state index is 8.25. The van der Waals surface area contributed by atoms with Crippen molar-refractivity contribution < 1.29 is 16.7 Å². The van der Waals surface area contributed by atoms with Crippen molar-refractivity contribution >= 4 is 0 Å². The highest BCUT2D eigenvalue weighted by molar-refractivity contribution is 4.43. The normalized spacial score (nSPS) is 22.2. The smallest absolute Gasteiger partial charge is 0.100 e. The minimum atomic E-state index is -1.58. The predicted octanol–water partition coefficient (Wildman–Crippen LogP) is -1.67. The van der Waals surface area contributed by atoms with Crippen LogP contribution in [0, 0.1) is 0 Å². The standard InChI is InChI=1S/C3H8O3/c4-1-3(6)2-5/h3-6H,1-2H2/i1+1D/t1?,3-/m1/s1. The molecule has 0 radical (unpaired) electrons. The van der Waals surface area contributed by atoms with Crippen LogP contribution in [0.15, 0.2) is 0 Å². The molecule has 3 N–H and O–H groups in total. The highest BCUT2D eigenvalue weighted by atomic mass is 16.4. The van der Waals surface area contributed by atoms with Crippen LogP contribution in [0.1, 0.15) is 1.37 Å². The first kappa shape index (κ1) is 4.05. The molecule has 0 aliphatic carbocycles. The molecule has 0 aromatic rings. The van der Waals surface area contributed by atoms with Crippen LogP contribution >= 0.6 is 0 Å². The van der Waals surface area contributed by atoms with Gasteiger partial charge in [0.15, 0.2) is 0 Å². The van der Waals surface area contributed by atoms with Crippen molar-refractivity contribution in [1.82, 2.24) is 0 Å². The van der Waals surface area contributed by atoms with Crippen LogP contribution in [0.25, 0.3) is 0 Å². The van der Waals surface area contributed by atoms with Gasteiger partial charge in [0.25, 0.3) is 0 Å². The summed E-state index contributed by atoms with van der Waals surface area (Å²) in [4.78, 5) is 0. The molecule has 0 heterocycles. The zero-order chi connectivity index (χ0) is 5.86. The van der Waals surface area contributed by atoms with E-state index in [2.05, 4.69) is 0 Å². The van der Waals surface area contributed by atoms with E-state index in [1.807, 2.05) is 0 Å². The molecule has 0 aromatic carbocycles. The molecule has 6 heavy (non-hydrogen) atoms. The molecule has 0 aliphatic heterocycles. The van der Waals surface area contributed by atoms with Crippen molar-refractivity contribution in [3.63, 3.8) is 0 Å². The second-order valence-corrected chi connectivity index (χ2v) is 0.899. The van der Waals surface area contributed by atoms with Crippen LogP contribution in [-0.4, -0.2) is 34.6 Å². The molecule has 3 nitrogen and oxygen atoms in total. The fourth-order valence-corrected chi connectivity index (χ4v) is 0.0471. The van der Waals surface area contributed by atoms with E-state index in [1.54, 1.807) is 0 Å². The lowest BCUT2D eigenvalue weighted by molar-refractivity contribution is 0.0450. The quantitative estimate of drug-likeness (QED) is 0.359. The van der Waals surface area contributed by atoms with E-state index in [1.165, 1.54) is 0 Å². The van der Waals surface area contributed by atoms with Crippen molar-refractivity contribution in [1.29, 1.82) is 0 Å². The van der Waals surface area contributed by atoms with Crippen molar-refractivity contribution in [2.45, 2.75) is 6.10 Å². The zero-order valence-electron chi connectivity index (χ0n) is 4.20. The molecule has 0 fully saturated rings. The van der Waals surface area contributed by atoms with Crippen molar-refractivity contribution in [3.8, 4) is 0 Å². The number of aliphatic hydroxyl groups excluding tert-OH is 3. The van der Waals surface area contributed by atoms with Gasteiger partial charge in [-0.2, -0.15) is 0 Å². The Bertz CT molecular complexity index is 47.4. The monoisotopic (exact) mass is 94.1 g/mol. The lowest BCUT2D eigenvalue weighted by Gasteiger charge is -1.96. The van der Waals surface area contributed by atoms with Gasteiger partial charge in [-0.15, -0.1) is 0 Å². The fourth-order valence-electron chi connectivity index (χ4n) is 0.0471. The molecule has 0 aromatic heterocycles. The summed E-state index contributed by atoms with van der Waals surface area (Å²) >= 11 is 0. The lowest BCUT2D eigenvalue weighted by atomic mass is 10.6. The zero-order valence-corrected chi connectivity index (χ0v) is 3.20. The van der Waals surface area contributed by atoms with Crippen LogP contribution in [0.4, 0.5) is 0 Å². The van der Waals surface area contributed by atoms with Crippen LogP contribution in [0.3, 0.4) is 0 Å². The molecular formula is C3H8O3. The van der Waals surface area contributed by atoms with Gasteiger partial charge in [-0.3, -0.25) is 0 Å². The number of hydrogen-bond acceptors (Lipinski definition) is 3. The van der Waals surface area contributed by atoms with Gasteiger partial charge in [0, 0.05) is 0 Å². The SMILES string of the molecule is [2H][13CH](O)[C@@H](O)CO. The van der Waals surface area contributed by atoms with Gasteiger partial charge in [-0.25, -0.2) is 0 Å². The number of hydrogen-bond donors (Lipinski definition) is 3. The molecule has 0 saturated heterocycles. The molecule has 1 unspecified atom stereocenters. The summed E-state index contributed by atoms with van der Waals surface area (Å²) in [7, 11) is 0. The topological polar surface area (TPSA) is 60.7 Å². The summed E-state index contributed by atoms with van der Waals surface area (Å²) in [5, 5.41) is 24.3. The van der Waals surface area contributed by atoms with Crippen molar-refractivity contribution in [2.24, 2.45) is 0 Å². The Labute approximate surface area is 37.3 Å². The minimum Gasteiger partial charge on any atom is -0.394 e. The van der Waals surface area contributed by atoms with E-state index in [-0.39, 0.29) is 0 Å². The molecule has 0 bridgehead atoms. The van der Waals surface area contributed by atoms with E-state index in [4.69, 9.17) is 16.7 Å². The van der Waals surface area contributed by atoms with Gasteiger partial charge in [0.05, 0.1) is 14.6 Å². The van der Waals surface area contributed by atoms with Gasteiger partial charge in [0.2, 0.25) is 0 Å². The molecule has 0 rings (SSSR count). The van der Waals surface area contributed by atoms with Crippen molar-refractivity contribution in [2.75, 3.05) is 13.2 Å². The van der Waals surface area contributed by atoms with Crippen molar-refractivity contribution in [3.05, 3.63) is 0 Å². The van der Waals surface area contributed by atoms with Gasteiger partial charge in [0.1, 0.15) is 6.10 Å².